The number of benzene rings is 4. The monoisotopic (exact) mass is 590 g/mol. The number of hydrogen-bond donors (Lipinski definition) is 0. The van der Waals surface area contributed by atoms with Crippen LogP contribution < -0.4 is 15.9 Å². The van der Waals surface area contributed by atoms with Gasteiger partial charge in [-0.25, -0.2) is 0 Å². The zero-order valence-electron chi connectivity index (χ0n) is 22.5. The molecular formula is C34H37BrClP. The topological polar surface area (TPSA) is 0 Å². The van der Waals surface area contributed by atoms with Crippen LogP contribution in [0, 0.1) is 0 Å². The predicted molar refractivity (Wildman–Crippen MR) is 169 cm³/mol. The second kappa shape index (κ2) is 9.37. The van der Waals surface area contributed by atoms with E-state index in [9.17, 15) is 0 Å². The molecular weight excluding hydrogens is 555 g/mol. The average molecular weight is 592 g/mol. The molecule has 4 aromatic rings. The third-order valence-corrected chi connectivity index (χ3v) is 20.4. The maximum absolute atomic E-state index is 7.31. The molecule has 0 aromatic heterocycles. The van der Waals surface area contributed by atoms with Gasteiger partial charge in [-0.15, -0.1) is 0 Å². The second-order valence-electron chi connectivity index (χ2n) is 11.9. The Morgan fingerprint density at radius 3 is 1.38 bits per heavy atom. The molecule has 4 aromatic carbocycles. The minimum atomic E-state index is -3.23. The van der Waals surface area contributed by atoms with Crippen molar-refractivity contribution in [2.24, 2.45) is 0 Å². The molecule has 5 rings (SSSR count). The fourth-order valence-electron chi connectivity index (χ4n) is 6.46. The van der Waals surface area contributed by atoms with Gasteiger partial charge in [0, 0.05) is 0 Å². The first-order valence-electron chi connectivity index (χ1n) is 13.2. The molecule has 0 bridgehead atoms. The molecule has 0 radical (unpaired) electrons. The second-order valence-corrected chi connectivity index (χ2v) is 21.2. The molecule has 1 aliphatic rings. The molecule has 0 saturated heterocycles. The summed E-state index contributed by atoms with van der Waals surface area (Å²) in [5, 5.41) is 1.58. The Morgan fingerprint density at radius 2 is 1.00 bits per heavy atom. The summed E-state index contributed by atoms with van der Waals surface area (Å²) in [6.45, 7) is 11.9. The first-order valence-corrected chi connectivity index (χ1v) is 17.9. The van der Waals surface area contributed by atoms with Gasteiger partial charge in [0.1, 0.15) is 0 Å². The van der Waals surface area contributed by atoms with Gasteiger partial charge in [0.2, 0.25) is 0 Å². The first kappa shape index (κ1) is 26.7. The van der Waals surface area contributed by atoms with Crippen molar-refractivity contribution in [2.75, 3.05) is 0 Å². The average Bonchev–Trinajstić information content (AvgIpc) is 2.92. The van der Waals surface area contributed by atoms with Crippen molar-refractivity contribution in [1.29, 1.82) is 0 Å². The molecule has 0 spiro atoms. The summed E-state index contributed by atoms with van der Waals surface area (Å²) in [6.07, 6.45) is 2.35. The fourth-order valence-corrected chi connectivity index (χ4v) is 14.9. The Hall–Kier alpha value is -1.92. The Morgan fingerprint density at radius 1 is 0.649 bits per heavy atom. The summed E-state index contributed by atoms with van der Waals surface area (Å²) in [5.41, 5.74) is 4.39. The molecule has 0 N–H and O–H groups in total. The van der Waals surface area contributed by atoms with Crippen LogP contribution in [0.15, 0.2) is 103 Å². The van der Waals surface area contributed by atoms with Gasteiger partial charge < -0.3 is 0 Å². The summed E-state index contributed by atoms with van der Waals surface area (Å²) in [6, 6.07) is 37.8. The summed E-state index contributed by atoms with van der Waals surface area (Å²) in [7, 11) is 0. The number of hydrogen-bond acceptors (Lipinski definition) is 0. The maximum atomic E-state index is 7.31. The van der Waals surface area contributed by atoms with E-state index >= 15 is 0 Å². The van der Waals surface area contributed by atoms with E-state index in [1.165, 1.54) is 45.4 Å². The Kier molecular flexibility index (Phi) is 6.76. The van der Waals surface area contributed by atoms with Crippen molar-refractivity contribution in [2.45, 2.75) is 63.9 Å². The van der Waals surface area contributed by atoms with Gasteiger partial charge in [0.15, 0.2) is 0 Å². The van der Waals surface area contributed by atoms with Crippen LogP contribution >= 0.6 is 32.4 Å². The van der Waals surface area contributed by atoms with Crippen molar-refractivity contribution in [3.8, 4) is 0 Å². The molecule has 0 saturated carbocycles. The van der Waals surface area contributed by atoms with E-state index in [1.807, 2.05) is 0 Å². The van der Waals surface area contributed by atoms with Crippen LogP contribution in [-0.4, -0.2) is 0 Å². The Bertz CT molecular complexity index is 1310. The van der Waals surface area contributed by atoms with E-state index in [4.69, 9.17) is 11.6 Å². The van der Waals surface area contributed by atoms with Crippen LogP contribution in [0.4, 0.5) is 0 Å². The summed E-state index contributed by atoms with van der Waals surface area (Å²) in [4.78, 5) is 0. The summed E-state index contributed by atoms with van der Waals surface area (Å²) < 4.78 is 0. The van der Waals surface area contributed by atoms with Gasteiger partial charge in [-0.3, -0.25) is 0 Å². The molecule has 0 fully saturated rings. The third-order valence-electron chi connectivity index (χ3n) is 8.93. The van der Waals surface area contributed by atoms with Crippen molar-refractivity contribution in [1.82, 2.24) is 0 Å². The molecule has 192 valence electrons. The van der Waals surface area contributed by atoms with E-state index in [0.717, 1.165) is 5.02 Å². The van der Waals surface area contributed by atoms with E-state index in [2.05, 4.69) is 153 Å². The number of rotatable bonds is 5. The van der Waals surface area contributed by atoms with Gasteiger partial charge >= 0.3 is 237 Å². The van der Waals surface area contributed by atoms with Gasteiger partial charge in [-0.2, -0.15) is 0 Å². The zero-order chi connectivity index (χ0) is 26.5. The van der Waals surface area contributed by atoms with Gasteiger partial charge in [-0.05, 0) is 0 Å². The fraction of sp³-hybridized carbons (Fsp3) is 0.294. The van der Waals surface area contributed by atoms with Crippen LogP contribution in [0.1, 0.15) is 69.8 Å². The Balaban J connectivity index is 1.89. The van der Waals surface area contributed by atoms with Gasteiger partial charge in [-0.1, -0.05) is 0 Å². The molecule has 37 heavy (non-hydrogen) atoms. The summed E-state index contributed by atoms with van der Waals surface area (Å²) >= 11 is 12.0. The van der Waals surface area contributed by atoms with E-state index in [1.54, 1.807) is 0 Å². The van der Waals surface area contributed by atoms with E-state index < -0.39 is 5.31 Å². The normalized spacial score (nSPS) is 18.3. The molecule has 0 nitrogen and oxygen atoms in total. The third kappa shape index (κ3) is 4.05. The summed E-state index contributed by atoms with van der Waals surface area (Å²) in [5.74, 6) is 0. The molecule has 1 aliphatic carbocycles. The SMILES string of the molecule is CC(c1cc2c(cc1Cl)C(C)(C)CCC2(C)C)P(Br)(c1ccccc1)(c1ccccc1)c1ccccc1. The van der Waals surface area contributed by atoms with Gasteiger partial charge in [0.25, 0.3) is 0 Å². The van der Waals surface area contributed by atoms with E-state index in [0.29, 0.717) is 0 Å². The molecule has 1 unspecified atom stereocenters. The standard InChI is InChI=1S/C34H37BrClP/c1-25(29-23-30-31(24-32(29)36)34(4,5)22-21-33(30,2)3)37(35,26-15-9-6-10-16-26,27-17-11-7-12-18-27)28-19-13-8-14-20-28/h6-20,23-25H,21-22H2,1-5H3. The number of halogens is 2. The number of fused-ring (bicyclic) bond motifs is 1. The van der Waals surface area contributed by atoms with Crippen LogP contribution in [0.5, 0.6) is 0 Å². The molecule has 0 amide bonds. The van der Waals surface area contributed by atoms with Crippen LogP contribution in [-0.2, 0) is 10.8 Å². The zero-order valence-corrected chi connectivity index (χ0v) is 25.7. The quantitative estimate of drug-likeness (QED) is 0.203. The minimum absolute atomic E-state index is 0.0943. The molecule has 0 aliphatic heterocycles. The van der Waals surface area contributed by atoms with Gasteiger partial charge in [0.05, 0.1) is 0 Å². The van der Waals surface area contributed by atoms with Crippen LogP contribution in [0.2, 0.25) is 5.02 Å². The Labute approximate surface area is 236 Å². The van der Waals surface area contributed by atoms with Crippen molar-refractivity contribution in [3.05, 3.63) is 125 Å². The molecule has 3 heteroatoms. The van der Waals surface area contributed by atoms with Crippen molar-refractivity contribution >= 4 is 48.3 Å². The molecule has 0 heterocycles. The van der Waals surface area contributed by atoms with Crippen molar-refractivity contribution < 1.29 is 0 Å². The first-order chi connectivity index (χ1) is 17.5. The van der Waals surface area contributed by atoms with Crippen LogP contribution in [0.3, 0.4) is 0 Å². The van der Waals surface area contributed by atoms with Crippen LogP contribution in [0.25, 0.3) is 0 Å². The van der Waals surface area contributed by atoms with Crippen molar-refractivity contribution in [3.63, 3.8) is 0 Å². The molecule has 1 atom stereocenters. The predicted octanol–water partition coefficient (Wildman–Crippen LogP) is 9.59. The van der Waals surface area contributed by atoms with E-state index in [-0.39, 0.29) is 16.5 Å².